The number of rotatable bonds is 6. The first kappa shape index (κ1) is 15.3. The van der Waals surface area contributed by atoms with E-state index in [1.165, 1.54) is 25.0 Å². The molecule has 0 saturated carbocycles. The van der Waals surface area contributed by atoms with E-state index in [4.69, 9.17) is 10.5 Å². The molecule has 1 aromatic carbocycles. The van der Waals surface area contributed by atoms with Gasteiger partial charge in [-0.15, -0.1) is 0 Å². The predicted octanol–water partition coefficient (Wildman–Crippen LogP) is 2.51. The molecule has 1 fully saturated rings. The van der Waals surface area contributed by atoms with Crippen molar-refractivity contribution in [3.05, 3.63) is 30.1 Å². The van der Waals surface area contributed by atoms with Crippen LogP contribution in [0, 0.1) is 17.7 Å². The Hall–Kier alpha value is -1.13. The minimum absolute atomic E-state index is 0.236. The van der Waals surface area contributed by atoms with E-state index < -0.39 is 0 Å². The summed E-state index contributed by atoms with van der Waals surface area (Å²) in [6, 6.07) is 6.18. The fourth-order valence-corrected chi connectivity index (χ4v) is 2.87. The molecule has 1 unspecified atom stereocenters. The van der Waals surface area contributed by atoms with Crippen LogP contribution in [0.5, 0.6) is 5.75 Å². The smallest absolute Gasteiger partial charge is 0.123 e. The minimum atomic E-state index is -0.236. The lowest BCUT2D eigenvalue weighted by Gasteiger charge is -2.35. The van der Waals surface area contributed by atoms with Crippen LogP contribution >= 0.6 is 0 Å². The van der Waals surface area contributed by atoms with Gasteiger partial charge in [0, 0.05) is 5.92 Å². The summed E-state index contributed by atoms with van der Waals surface area (Å²) < 4.78 is 18.6. The summed E-state index contributed by atoms with van der Waals surface area (Å²) in [5, 5.41) is 0. The van der Waals surface area contributed by atoms with Crippen molar-refractivity contribution in [2.45, 2.75) is 19.8 Å². The third-order valence-electron chi connectivity index (χ3n) is 4.33. The van der Waals surface area contributed by atoms with Crippen molar-refractivity contribution in [1.82, 2.24) is 4.90 Å². The number of ether oxygens (including phenoxy) is 1. The van der Waals surface area contributed by atoms with Gasteiger partial charge >= 0.3 is 0 Å². The van der Waals surface area contributed by atoms with Crippen molar-refractivity contribution in [2.75, 3.05) is 32.8 Å². The minimum Gasteiger partial charge on any atom is -0.493 e. The lowest BCUT2D eigenvalue weighted by molar-refractivity contribution is 0.121. The lowest BCUT2D eigenvalue weighted by Crippen LogP contribution is -2.39. The Morgan fingerprint density at radius 3 is 2.50 bits per heavy atom. The Bertz CT molecular complexity index is 388. The zero-order chi connectivity index (χ0) is 14.4. The summed E-state index contributed by atoms with van der Waals surface area (Å²) in [5.74, 6) is 1.51. The highest BCUT2D eigenvalue weighted by molar-refractivity contribution is 5.22. The van der Waals surface area contributed by atoms with E-state index >= 15 is 0 Å². The topological polar surface area (TPSA) is 38.5 Å². The highest BCUT2D eigenvalue weighted by Gasteiger charge is 2.25. The predicted molar refractivity (Wildman–Crippen MR) is 79.3 cm³/mol. The van der Waals surface area contributed by atoms with Gasteiger partial charge in [0.05, 0.1) is 6.61 Å². The molecule has 1 aliphatic rings. The van der Waals surface area contributed by atoms with E-state index in [0.717, 1.165) is 25.4 Å². The maximum absolute atomic E-state index is 12.8. The van der Waals surface area contributed by atoms with Crippen LogP contribution in [0.3, 0.4) is 0 Å². The highest BCUT2D eigenvalue weighted by Crippen LogP contribution is 2.25. The van der Waals surface area contributed by atoms with E-state index in [1.807, 2.05) is 0 Å². The molecule has 1 atom stereocenters. The van der Waals surface area contributed by atoms with Gasteiger partial charge < -0.3 is 15.4 Å². The summed E-state index contributed by atoms with van der Waals surface area (Å²) in [5.41, 5.74) is 5.91. The molecule has 112 valence electrons. The molecule has 4 heteroatoms. The molecule has 3 nitrogen and oxygen atoms in total. The number of nitrogens with two attached hydrogens (primary N) is 1. The molecule has 20 heavy (non-hydrogen) atoms. The fraction of sp³-hybridized carbons (Fsp3) is 0.625. The van der Waals surface area contributed by atoms with E-state index in [2.05, 4.69) is 11.8 Å². The van der Waals surface area contributed by atoms with Gasteiger partial charge in [-0.3, -0.25) is 0 Å². The van der Waals surface area contributed by atoms with Gasteiger partial charge in [0.1, 0.15) is 11.6 Å². The Kier molecular flexibility index (Phi) is 5.80. The molecule has 1 saturated heterocycles. The van der Waals surface area contributed by atoms with Crippen LogP contribution in [-0.2, 0) is 0 Å². The summed E-state index contributed by atoms with van der Waals surface area (Å²) in [7, 11) is 0. The van der Waals surface area contributed by atoms with Crippen LogP contribution < -0.4 is 10.5 Å². The summed E-state index contributed by atoms with van der Waals surface area (Å²) in [4.78, 5) is 2.48. The Labute approximate surface area is 120 Å². The fourth-order valence-electron chi connectivity index (χ4n) is 2.87. The second-order valence-electron chi connectivity index (χ2n) is 5.53. The second kappa shape index (κ2) is 7.60. The third kappa shape index (κ3) is 4.18. The lowest BCUT2D eigenvalue weighted by atomic mass is 9.84. The van der Waals surface area contributed by atoms with Crippen LogP contribution in [0.15, 0.2) is 24.3 Å². The maximum Gasteiger partial charge on any atom is 0.123 e. The molecule has 2 rings (SSSR count). The molecule has 0 aliphatic carbocycles. The molecule has 0 bridgehead atoms. The van der Waals surface area contributed by atoms with E-state index in [1.54, 1.807) is 12.1 Å². The van der Waals surface area contributed by atoms with Crippen LogP contribution in [0.1, 0.15) is 19.8 Å². The van der Waals surface area contributed by atoms with Crippen LogP contribution in [0.4, 0.5) is 4.39 Å². The standard InChI is InChI=1S/C16H25FN2O/c1-2-19-9-7-13(8-10-19)14(11-18)12-20-16-5-3-15(17)4-6-16/h3-6,13-14H,2,7-12,18H2,1H3. The zero-order valence-corrected chi connectivity index (χ0v) is 12.2. The molecule has 2 N–H and O–H groups in total. The average molecular weight is 280 g/mol. The molecule has 1 heterocycles. The Balaban J connectivity index is 1.81. The molecular formula is C16H25FN2O. The zero-order valence-electron chi connectivity index (χ0n) is 12.2. The SMILES string of the molecule is CCN1CCC(C(CN)COc2ccc(F)cc2)CC1. The van der Waals surface area contributed by atoms with Crippen molar-refractivity contribution >= 4 is 0 Å². The van der Waals surface area contributed by atoms with Gasteiger partial charge in [-0.2, -0.15) is 0 Å². The Morgan fingerprint density at radius 2 is 1.95 bits per heavy atom. The second-order valence-corrected chi connectivity index (χ2v) is 5.53. The first-order chi connectivity index (χ1) is 9.72. The summed E-state index contributed by atoms with van der Waals surface area (Å²) >= 11 is 0. The number of benzene rings is 1. The maximum atomic E-state index is 12.8. The highest BCUT2D eigenvalue weighted by atomic mass is 19.1. The summed E-state index contributed by atoms with van der Waals surface area (Å²) in [6.45, 7) is 6.93. The van der Waals surface area contributed by atoms with Crippen molar-refractivity contribution in [3.8, 4) is 5.75 Å². The van der Waals surface area contributed by atoms with Gasteiger partial charge in [0.2, 0.25) is 0 Å². The third-order valence-corrected chi connectivity index (χ3v) is 4.33. The number of hydrogen-bond acceptors (Lipinski definition) is 3. The van der Waals surface area contributed by atoms with Gasteiger partial charge in [-0.25, -0.2) is 4.39 Å². The first-order valence-corrected chi connectivity index (χ1v) is 7.53. The molecule has 0 amide bonds. The normalized spacial score (nSPS) is 18.9. The quantitative estimate of drug-likeness (QED) is 0.870. The van der Waals surface area contributed by atoms with Crippen molar-refractivity contribution in [3.63, 3.8) is 0 Å². The number of nitrogens with zero attached hydrogens (tertiary/aromatic N) is 1. The van der Waals surface area contributed by atoms with Crippen LogP contribution in [0.2, 0.25) is 0 Å². The molecular weight excluding hydrogens is 255 g/mol. The van der Waals surface area contributed by atoms with Gasteiger partial charge in [0.15, 0.2) is 0 Å². The number of likely N-dealkylation sites (tertiary alicyclic amines) is 1. The van der Waals surface area contributed by atoms with E-state index in [-0.39, 0.29) is 5.82 Å². The van der Waals surface area contributed by atoms with Crippen molar-refractivity contribution in [2.24, 2.45) is 17.6 Å². The monoisotopic (exact) mass is 280 g/mol. The first-order valence-electron chi connectivity index (χ1n) is 7.53. The largest absolute Gasteiger partial charge is 0.493 e. The van der Waals surface area contributed by atoms with Crippen molar-refractivity contribution in [1.29, 1.82) is 0 Å². The van der Waals surface area contributed by atoms with E-state index in [0.29, 0.717) is 25.0 Å². The number of hydrogen-bond donors (Lipinski definition) is 1. The molecule has 0 aromatic heterocycles. The summed E-state index contributed by atoms with van der Waals surface area (Å²) in [6.07, 6.45) is 2.39. The van der Waals surface area contributed by atoms with Gasteiger partial charge in [-0.1, -0.05) is 6.92 Å². The van der Waals surface area contributed by atoms with Gasteiger partial charge in [0.25, 0.3) is 0 Å². The number of halogens is 1. The van der Waals surface area contributed by atoms with Crippen molar-refractivity contribution < 1.29 is 9.13 Å². The van der Waals surface area contributed by atoms with Gasteiger partial charge in [-0.05, 0) is 69.2 Å². The number of piperidine rings is 1. The average Bonchev–Trinajstić information content (AvgIpc) is 2.50. The van der Waals surface area contributed by atoms with Crippen LogP contribution in [0.25, 0.3) is 0 Å². The molecule has 0 spiro atoms. The molecule has 0 radical (unpaired) electrons. The molecule has 1 aliphatic heterocycles. The van der Waals surface area contributed by atoms with Crippen LogP contribution in [-0.4, -0.2) is 37.7 Å². The molecule has 1 aromatic rings. The Morgan fingerprint density at radius 1 is 1.30 bits per heavy atom. The van der Waals surface area contributed by atoms with E-state index in [9.17, 15) is 4.39 Å².